The standard InChI is InChI=1S/C27H31N3O6/c1-15(2)13-30-19-10-6-5-9-18(19)27(26(30)33)21-20(36-23(28)22(27)25(32)34-4)12-16(3)29(24(21)31)14-17-8-7-11-35-17/h5-6,9-10,12,15,17H,7-8,11,13-14,28H2,1-4H3/t17-,27+/m1/s1. The van der Waals surface area contributed by atoms with Gasteiger partial charge in [-0.05, 0) is 31.7 Å². The maximum Gasteiger partial charge on any atom is 0.340 e. The molecule has 0 radical (unpaired) electrons. The summed E-state index contributed by atoms with van der Waals surface area (Å²) in [4.78, 5) is 43.6. The van der Waals surface area contributed by atoms with Gasteiger partial charge in [0.15, 0.2) is 0 Å². The van der Waals surface area contributed by atoms with Gasteiger partial charge < -0.3 is 29.4 Å². The maximum atomic E-state index is 14.5. The van der Waals surface area contributed by atoms with E-state index < -0.39 is 22.9 Å². The zero-order chi connectivity index (χ0) is 25.8. The first kappa shape index (κ1) is 24.1. The van der Waals surface area contributed by atoms with E-state index in [1.807, 2.05) is 26.0 Å². The number of aryl methyl sites for hydroxylation is 1. The zero-order valence-corrected chi connectivity index (χ0v) is 21.0. The van der Waals surface area contributed by atoms with Crippen LogP contribution in [0.25, 0.3) is 0 Å². The molecule has 5 rings (SSSR count). The molecule has 0 aliphatic carbocycles. The van der Waals surface area contributed by atoms with Crippen molar-refractivity contribution < 1.29 is 23.8 Å². The van der Waals surface area contributed by atoms with Gasteiger partial charge in [0.1, 0.15) is 16.7 Å². The average Bonchev–Trinajstić information content (AvgIpc) is 3.43. The summed E-state index contributed by atoms with van der Waals surface area (Å²) < 4.78 is 18.3. The molecule has 0 bridgehead atoms. The normalized spacial score (nSPS) is 22.8. The highest BCUT2D eigenvalue weighted by atomic mass is 16.5. The van der Waals surface area contributed by atoms with E-state index in [1.54, 1.807) is 34.6 Å². The predicted molar refractivity (Wildman–Crippen MR) is 133 cm³/mol. The van der Waals surface area contributed by atoms with Crippen LogP contribution in [0.5, 0.6) is 5.75 Å². The van der Waals surface area contributed by atoms with Crippen molar-refractivity contribution in [2.75, 3.05) is 25.2 Å². The summed E-state index contributed by atoms with van der Waals surface area (Å²) >= 11 is 0. The monoisotopic (exact) mass is 493 g/mol. The Morgan fingerprint density at radius 3 is 2.69 bits per heavy atom. The van der Waals surface area contributed by atoms with Gasteiger partial charge in [-0.15, -0.1) is 0 Å². The fraction of sp³-hybridized carbons (Fsp3) is 0.444. The van der Waals surface area contributed by atoms with Gasteiger partial charge >= 0.3 is 5.97 Å². The first-order valence-corrected chi connectivity index (χ1v) is 12.3. The third kappa shape index (κ3) is 3.37. The molecule has 1 aromatic heterocycles. The molecule has 3 aliphatic heterocycles. The van der Waals surface area contributed by atoms with Gasteiger partial charge in [-0.25, -0.2) is 4.79 Å². The summed E-state index contributed by atoms with van der Waals surface area (Å²) in [7, 11) is 1.22. The molecule has 1 aromatic carbocycles. The third-order valence-electron chi connectivity index (χ3n) is 7.20. The molecule has 1 saturated heterocycles. The second kappa shape index (κ2) is 8.81. The first-order valence-electron chi connectivity index (χ1n) is 12.3. The van der Waals surface area contributed by atoms with Crippen molar-refractivity contribution in [1.29, 1.82) is 0 Å². The summed E-state index contributed by atoms with van der Waals surface area (Å²) in [5.74, 6) is -1.19. The second-order valence-corrected chi connectivity index (χ2v) is 9.99. The molecule has 2 aromatic rings. The van der Waals surface area contributed by atoms with Gasteiger partial charge in [0.25, 0.3) is 5.56 Å². The van der Waals surface area contributed by atoms with Crippen molar-refractivity contribution in [1.82, 2.24) is 4.57 Å². The molecule has 0 unspecified atom stereocenters. The molecule has 9 heteroatoms. The molecule has 1 spiro atoms. The molecule has 2 atom stereocenters. The number of methoxy groups -OCH3 is 1. The van der Waals surface area contributed by atoms with Crippen LogP contribution in [0.2, 0.25) is 0 Å². The number of amides is 1. The van der Waals surface area contributed by atoms with Crippen LogP contribution in [0.1, 0.15) is 43.5 Å². The Labute approximate surface area is 209 Å². The Bertz CT molecular complexity index is 1340. The zero-order valence-electron chi connectivity index (χ0n) is 21.0. The number of anilines is 1. The quantitative estimate of drug-likeness (QED) is 0.636. The summed E-state index contributed by atoms with van der Waals surface area (Å²) in [6.07, 6.45) is 1.66. The van der Waals surface area contributed by atoms with Crippen molar-refractivity contribution in [2.45, 2.75) is 51.7 Å². The fourth-order valence-corrected chi connectivity index (χ4v) is 5.70. The molecule has 9 nitrogen and oxygen atoms in total. The molecular weight excluding hydrogens is 462 g/mol. The maximum absolute atomic E-state index is 14.5. The number of ether oxygens (including phenoxy) is 3. The van der Waals surface area contributed by atoms with E-state index in [2.05, 4.69) is 0 Å². The number of nitrogens with two attached hydrogens (primary N) is 1. The molecule has 2 N–H and O–H groups in total. The Hall–Kier alpha value is -3.59. The highest BCUT2D eigenvalue weighted by molar-refractivity contribution is 6.18. The molecule has 190 valence electrons. The van der Waals surface area contributed by atoms with Crippen molar-refractivity contribution in [2.24, 2.45) is 11.7 Å². The lowest BCUT2D eigenvalue weighted by atomic mass is 9.68. The number of para-hydroxylation sites is 1. The number of hydrogen-bond donors (Lipinski definition) is 1. The molecule has 1 amide bonds. The number of aromatic nitrogens is 1. The van der Waals surface area contributed by atoms with Gasteiger partial charge in [-0.2, -0.15) is 0 Å². The minimum atomic E-state index is -1.79. The predicted octanol–water partition coefficient (Wildman–Crippen LogP) is 2.36. The molecule has 0 saturated carbocycles. The number of rotatable bonds is 5. The largest absolute Gasteiger partial charge is 0.465 e. The molecular formula is C27H31N3O6. The first-order chi connectivity index (χ1) is 17.2. The van der Waals surface area contributed by atoms with Crippen molar-refractivity contribution in [3.05, 3.63) is 69.0 Å². The topological polar surface area (TPSA) is 113 Å². The summed E-state index contributed by atoms with van der Waals surface area (Å²) in [5, 5.41) is 0. The smallest absolute Gasteiger partial charge is 0.340 e. The number of nitrogens with zero attached hydrogens (tertiary/aromatic N) is 2. The van der Waals surface area contributed by atoms with Crippen molar-refractivity contribution in [3.8, 4) is 5.75 Å². The van der Waals surface area contributed by atoms with Gasteiger partial charge in [-0.3, -0.25) is 9.59 Å². The van der Waals surface area contributed by atoms with Crippen LogP contribution >= 0.6 is 0 Å². The van der Waals surface area contributed by atoms with Gasteiger partial charge in [0, 0.05) is 36.2 Å². The van der Waals surface area contributed by atoms with E-state index in [4.69, 9.17) is 19.9 Å². The molecule has 1 fully saturated rings. The van der Waals surface area contributed by atoms with Gasteiger partial charge in [0.2, 0.25) is 11.8 Å². The van der Waals surface area contributed by atoms with Crippen molar-refractivity contribution >= 4 is 17.6 Å². The number of hydrogen-bond acceptors (Lipinski definition) is 7. The Balaban J connectivity index is 1.85. The van der Waals surface area contributed by atoms with E-state index in [-0.39, 0.29) is 34.8 Å². The molecule has 4 heterocycles. The van der Waals surface area contributed by atoms with Gasteiger partial charge in [-0.1, -0.05) is 32.0 Å². The van der Waals surface area contributed by atoms with Crippen molar-refractivity contribution in [3.63, 3.8) is 0 Å². The van der Waals surface area contributed by atoms with Crippen LogP contribution in [0, 0.1) is 12.8 Å². The number of fused-ring (bicyclic) bond motifs is 4. The highest BCUT2D eigenvalue weighted by Crippen LogP contribution is 2.54. The number of carbonyl (C=O) groups is 2. The van der Waals surface area contributed by atoms with Crippen LogP contribution in [0.15, 0.2) is 46.6 Å². The van der Waals surface area contributed by atoms with Crippen LogP contribution in [0.3, 0.4) is 0 Å². The lowest BCUT2D eigenvalue weighted by molar-refractivity contribution is -0.138. The highest BCUT2D eigenvalue weighted by Gasteiger charge is 2.62. The second-order valence-electron chi connectivity index (χ2n) is 9.99. The fourth-order valence-electron chi connectivity index (χ4n) is 5.70. The lowest BCUT2D eigenvalue weighted by Crippen LogP contribution is -2.52. The van der Waals surface area contributed by atoms with Crippen LogP contribution in [-0.2, 0) is 31.0 Å². The molecule has 36 heavy (non-hydrogen) atoms. The third-order valence-corrected chi connectivity index (χ3v) is 7.20. The van der Waals surface area contributed by atoms with E-state index in [1.165, 1.54) is 7.11 Å². The Morgan fingerprint density at radius 2 is 2.03 bits per heavy atom. The Morgan fingerprint density at radius 1 is 1.28 bits per heavy atom. The van der Waals surface area contributed by atoms with Gasteiger partial charge in [0.05, 0.1) is 25.3 Å². The number of esters is 1. The summed E-state index contributed by atoms with van der Waals surface area (Å²) in [6, 6.07) is 8.90. The SMILES string of the molecule is COC(=O)C1=C(N)Oc2cc(C)n(C[C@H]3CCCO3)c(=O)c2[C@]12C(=O)N(CC(C)C)c1ccccc12. The number of pyridine rings is 1. The average molecular weight is 494 g/mol. The number of carbonyl (C=O) groups excluding carboxylic acids is 2. The van der Waals surface area contributed by atoms with E-state index >= 15 is 0 Å². The molecule has 3 aliphatic rings. The number of benzene rings is 1. The summed E-state index contributed by atoms with van der Waals surface area (Å²) in [6.45, 7) is 7.20. The van der Waals surface area contributed by atoms with Crippen LogP contribution in [0.4, 0.5) is 5.69 Å². The van der Waals surface area contributed by atoms with E-state index in [9.17, 15) is 14.4 Å². The minimum Gasteiger partial charge on any atom is -0.465 e. The minimum absolute atomic E-state index is 0.0735. The lowest BCUT2D eigenvalue weighted by Gasteiger charge is -2.36. The van der Waals surface area contributed by atoms with E-state index in [0.717, 1.165) is 12.8 Å². The van der Waals surface area contributed by atoms with Crippen LogP contribution < -0.4 is 20.9 Å². The summed E-state index contributed by atoms with van der Waals surface area (Å²) in [5.41, 5.74) is 5.80. The Kier molecular flexibility index (Phi) is 5.90. The van der Waals surface area contributed by atoms with Crippen LogP contribution in [-0.4, -0.2) is 42.8 Å². The van der Waals surface area contributed by atoms with E-state index in [0.29, 0.717) is 36.6 Å².